The Bertz CT molecular complexity index is 880. The summed E-state index contributed by atoms with van der Waals surface area (Å²) in [5, 5.41) is 11.3. The van der Waals surface area contributed by atoms with Crippen molar-refractivity contribution in [2.45, 2.75) is 0 Å². The SMILES string of the molecule is Fc1ccc(Nc2ncnc3[nH]nc(N4CCOCC4)c23)cc1Cl. The fourth-order valence-corrected chi connectivity index (χ4v) is 2.83. The average molecular weight is 349 g/mol. The number of aromatic amines is 1. The molecule has 124 valence electrons. The van der Waals surface area contributed by atoms with E-state index in [1.165, 1.54) is 18.5 Å². The van der Waals surface area contributed by atoms with Gasteiger partial charge in [-0.3, -0.25) is 5.10 Å². The standard InChI is InChI=1S/C15H14ClFN6O/c16-10-7-9(1-2-11(10)17)20-13-12-14(19-8-18-13)21-22-15(12)23-3-5-24-6-4-23/h1-2,7-8H,3-6H2,(H2,18,19,20,21,22). The summed E-state index contributed by atoms with van der Waals surface area (Å²) >= 11 is 5.84. The van der Waals surface area contributed by atoms with Crippen LogP contribution in [-0.4, -0.2) is 46.5 Å². The monoisotopic (exact) mass is 348 g/mol. The van der Waals surface area contributed by atoms with Crippen LogP contribution in [0, 0.1) is 5.82 Å². The molecule has 0 bridgehead atoms. The lowest BCUT2D eigenvalue weighted by atomic mass is 10.2. The van der Waals surface area contributed by atoms with Crippen molar-refractivity contribution in [3.05, 3.63) is 35.4 Å². The van der Waals surface area contributed by atoms with Crippen LogP contribution in [0.25, 0.3) is 11.0 Å². The molecule has 9 heteroatoms. The zero-order valence-corrected chi connectivity index (χ0v) is 13.3. The smallest absolute Gasteiger partial charge is 0.163 e. The van der Waals surface area contributed by atoms with E-state index in [1.807, 2.05) is 0 Å². The lowest BCUT2D eigenvalue weighted by Gasteiger charge is -2.27. The van der Waals surface area contributed by atoms with Gasteiger partial charge >= 0.3 is 0 Å². The van der Waals surface area contributed by atoms with Gasteiger partial charge in [-0.05, 0) is 18.2 Å². The van der Waals surface area contributed by atoms with Crippen LogP contribution in [0.4, 0.5) is 21.7 Å². The Morgan fingerprint density at radius 2 is 2.08 bits per heavy atom. The van der Waals surface area contributed by atoms with Crippen molar-refractivity contribution in [2.24, 2.45) is 0 Å². The van der Waals surface area contributed by atoms with Crippen molar-refractivity contribution in [3.63, 3.8) is 0 Å². The first-order valence-electron chi connectivity index (χ1n) is 7.46. The summed E-state index contributed by atoms with van der Waals surface area (Å²) in [5.74, 6) is 0.884. The molecule has 1 aliphatic heterocycles. The summed E-state index contributed by atoms with van der Waals surface area (Å²) in [7, 11) is 0. The van der Waals surface area contributed by atoms with Gasteiger partial charge in [-0.1, -0.05) is 11.6 Å². The highest BCUT2D eigenvalue weighted by atomic mass is 35.5. The van der Waals surface area contributed by atoms with Crippen LogP contribution < -0.4 is 10.2 Å². The molecule has 1 aliphatic rings. The van der Waals surface area contributed by atoms with E-state index in [-0.39, 0.29) is 5.02 Å². The second kappa shape index (κ2) is 6.21. The molecule has 2 N–H and O–H groups in total. The first-order chi connectivity index (χ1) is 11.7. The van der Waals surface area contributed by atoms with E-state index in [0.29, 0.717) is 30.4 Å². The second-order valence-electron chi connectivity index (χ2n) is 5.35. The summed E-state index contributed by atoms with van der Waals surface area (Å²) in [6.45, 7) is 2.80. The lowest BCUT2D eigenvalue weighted by Crippen LogP contribution is -2.36. The number of nitrogens with one attached hydrogen (secondary N) is 2. The quantitative estimate of drug-likeness (QED) is 0.757. The van der Waals surface area contributed by atoms with Crippen LogP contribution in [0.1, 0.15) is 0 Å². The molecule has 7 nitrogen and oxygen atoms in total. The van der Waals surface area contributed by atoms with Crippen molar-refractivity contribution in [2.75, 3.05) is 36.5 Å². The number of hydrogen-bond acceptors (Lipinski definition) is 6. The number of ether oxygens (including phenoxy) is 1. The zero-order valence-electron chi connectivity index (χ0n) is 12.6. The average Bonchev–Trinajstić information content (AvgIpc) is 3.04. The van der Waals surface area contributed by atoms with Crippen molar-refractivity contribution in [1.82, 2.24) is 20.2 Å². The molecule has 0 atom stereocenters. The Balaban J connectivity index is 1.74. The molecule has 24 heavy (non-hydrogen) atoms. The van der Waals surface area contributed by atoms with Gasteiger partial charge in [0, 0.05) is 18.8 Å². The molecule has 0 unspecified atom stereocenters. The number of H-pyrrole nitrogens is 1. The molecule has 0 amide bonds. The molecule has 2 aromatic heterocycles. The fourth-order valence-electron chi connectivity index (χ4n) is 2.65. The summed E-state index contributed by atoms with van der Waals surface area (Å²) in [6, 6.07) is 4.42. The van der Waals surface area contributed by atoms with Gasteiger partial charge in [0.05, 0.1) is 18.2 Å². The van der Waals surface area contributed by atoms with Crippen LogP contribution in [-0.2, 0) is 4.74 Å². The Kier molecular flexibility index (Phi) is 3.91. The van der Waals surface area contributed by atoms with Gasteiger partial charge in [0.1, 0.15) is 23.3 Å². The highest BCUT2D eigenvalue weighted by Crippen LogP contribution is 2.31. The van der Waals surface area contributed by atoms with Gasteiger partial charge in [0.2, 0.25) is 0 Å². The molecule has 0 spiro atoms. The van der Waals surface area contributed by atoms with E-state index in [4.69, 9.17) is 16.3 Å². The molecule has 4 rings (SSSR count). The number of fused-ring (bicyclic) bond motifs is 1. The number of nitrogens with zero attached hydrogens (tertiary/aromatic N) is 4. The highest BCUT2D eigenvalue weighted by molar-refractivity contribution is 6.31. The van der Waals surface area contributed by atoms with Crippen molar-refractivity contribution >= 4 is 40.0 Å². The van der Waals surface area contributed by atoms with E-state index in [0.717, 1.165) is 24.3 Å². The Morgan fingerprint density at radius 1 is 1.25 bits per heavy atom. The molecular weight excluding hydrogens is 335 g/mol. The number of hydrogen-bond donors (Lipinski definition) is 2. The predicted molar refractivity (Wildman–Crippen MR) is 89.4 cm³/mol. The third-order valence-electron chi connectivity index (χ3n) is 3.83. The molecule has 0 aliphatic carbocycles. The minimum absolute atomic E-state index is 0.0471. The largest absolute Gasteiger partial charge is 0.378 e. The van der Waals surface area contributed by atoms with Gasteiger partial charge < -0.3 is 15.0 Å². The van der Waals surface area contributed by atoms with Crippen LogP contribution in [0.15, 0.2) is 24.5 Å². The topological polar surface area (TPSA) is 79.0 Å². The minimum atomic E-state index is -0.465. The Labute approximate surface area is 141 Å². The maximum atomic E-state index is 13.3. The third-order valence-corrected chi connectivity index (χ3v) is 4.12. The van der Waals surface area contributed by atoms with Gasteiger partial charge in [-0.25, -0.2) is 14.4 Å². The van der Waals surface area contributed by atoms with E-state index in [2.05, 4.69) is 30.4 Å². The lowest BCUT2D eigenvalue weighted by molar-refractivity contribution is 0.122. The van der Waals surface area contributed by atoms with Crippen LogP contribution in [0.5, 0.6) is 0 Å². The fraction of sp³-hybridized carbons (Fsp3) is 0.267. The zero-order chi connectivity index (χ0) is 16.5. The van der Waals surface area contributed by atoms with E-state index in [9.17, 15) is 4.39 Å². The minimum Gasteiger partial charge on any atom is -0.378 e. The van der Waals surface area contributed by atoms with E-state index in [1.54, 1.807) is 6.07 Å². The number of anilines is 3. The molecule has 0 radical (unpaired) electrons. The van der Waals surface area contributed by atoms with Gasteiger partial charge in [0.25, 0.3) is 0 Å². The summed E-state index contributed by atoms with van der Waals surface area (Å²) in [6.07, 6.45) is 1.44. The third kappa shape index (κ3) is 2.74. The maximum Gasteiger partial charge on any atom is 0.163 e. The second-order valence-corrected chi connectivity index (χ2v) is 5.75. The number of halogens is 2. The molecule has 1 aromatic carbocycles. The van der Waals surface area contributed by atoms with E-state index < -0.39 is 5.82 Å². The van der Waals surface area contributed by atoms with Gasteiger partial charge in [-0.2, -0.15) is 5.10 Å². The van der Waals surface area contributed by atoms with Crippen LogP contribution >= 0.6 is 11.6 Å². The van der Waals surface area contributed by atoms with Gasteiger partial charge in [-0.15, -0.1) is 0 Å². The molecular formula is C15H14ClFN6O. The molecule has 3 heterocycles. The van der Waals surface area contributed by atoms with Gasteiger partial charge in [0.15, 0.2) is 11.5 Å². The van der Waals surface area contributed by atoms with Crippen LogP contribution in [0.2, 0.25) is 5.02 Å². The molecule has 1 saturated heterocycles. The summed E-state index contributed by atoms with van der Waals surface area (Å²) < 4.78 is 18.7. The molecule has 1 fully saturated rings. The Morgan fingerprint density at radius 3 is 2.88 bits per heavy atom. The summed E-state index contributed by atoms with van der Waals surface area (Å²) in [4.78, 5) is 10.6. The number of aromatic nitrogens is 4. The molecule has 3 aromatic rings. The maximum absolute atomic E-state index is 13.3. The first-order valence-corrected chi connectivity index (χ1v) is 7.84. The van der Waals surface area contributed by atoms with Crippen molar-refractivity contribution in [1.29, 1.82) is 0 Å². The number of rotatable bonds is 3. The molecule has 0 saturated carbocycles. The predicted octanol–water partition coefficient (Wildman–Crippen LogP) is 2.73. The number of benzene rings is 1. The number of morpholine rings is 1. The normalized spacial score (nSPS) is 15.0. The van der Waals surface area contributed by atoms with Crippen molar-refractivity contribution < 1.29 is 9.13 Å². The Hall–Kier alpha value is -2.45. The van der Waals surface area contributed by atoms with Crippen molar-refractivity contribution in [3.8, 4) is 0 Å². The summed E-state index contributed by atoms with van der Waals surface area (Å²) in [5.41, 5.74) is 1.26. The highest BCUT2D eigenvalue weighted by Gasteiger charge is 2.20. The van der Waals surface area contributed by atoms with E-state index >= 15 is 0 Å². The van der Waals surface area contributed by atoms with Crippen LogP contribution in [0.3, 0.4) is 0 Å². The first kappa shape index (κ1) is 15.1.